The van der Waals surface area contributed by atoms with Crippen LogP contribution in [-0.2, 0) is 37.5 Å². The summed E-state index contributed by atoms with van der Waals surface area (Å²) in [6, 6.07) is 9.87. The van der Waals surface area contributed by atoms with Crippen LogP contribution in [0.3, 0.4) is 0 Å². The lowest BCUT2D eigenvalue weighted by Crippen LogP contribution is -2.53. The van der Waals surface area contributed by atoms with Crippen LogP contribution < -0.4 is 15.4 Å². The van der Waals surface area contributed by atoms with Gasteiger partial charge in [0.25, 0.3) is 0 Å². The van der Waals surface area contributed by atoms with Crippen LogP contribution in [0.1, 0.15) is 43.2 Å². The Hall–Kier alpha value is -2.09. The number of nitrogens with one attached hydrogen (secondary N) is 3. The van der Waals surface area contributed by atoms with Crippen molar-refractivity contribution in [1.82, 2.24) is 20.3 Å². The molecule has 0 radical (unpaired) electrons. The SMILES string of the molecule is CS(=O)(=O)N[C@H](CCC1CCNCC1)C(=O)N1C[C@H](OCc2ccc(Br)cc2F)C[C@@H]1C(=O)NCc1ccccc1Cl. The van der Waals surface area contributed by atoms with Gasteiger partial charge in [-0.15, -0.1) is 0 Å². The number of carbonyl (C=O) groups excluding carboxylic acids is 2. The van der Waals surface area contributed by atoms with Gasteiger partial charge in [0.2, 0.25) is 21.8 Å². The van der Waals surface area contributed by atoms with Crippen LogP contribution in [0, 0.1) is 11.7 Å². The van der Waals surface area contributed by atoms with Crippen molar-refractivity contribution in [3.8, 4) is 0 Å². The lowest BCUT2D eigenvalue weighted by Gasteiger charge is -2.30. The Morgan fingerprint density at radius 2 is 1.93 bits per heavy atom. The Morgan fingerprint density at radius 3 is 2.62 bits per heavy atom. The second-order valence-corrected chi connectivity index (χ2v) is 14.0. The maximum atomic E-state index is 14.4. The third kappa shape index (κ3) is 9.45. The molecule has 2 aliphatic heterocycles. The minimum atomic E-state index is -3.71. The third-order valence-electron chi connectivity index (χ3n) is 7.73. The standard InChI is InChI=1S/C29H37BrClFN4O5S/c1-42(39,40)35-26(9-6-19-10-12-33-13-11-19)29(38)36-17-23(41-18-21-7-8-22(30)14-25(21)32)15-27(36)28(37)34-16-20-4-2-3-5-24(20)31/h2-5,7-8,14,19,23,26-27,33,35H,6,9-13,15-18H2,1H3,(H,34,37)/t23-,26-,27-/m1/s1. The number of hydrogen-bond donors (Lipinski definition) is 3. The number of halogens is 3. The molecule has 3 N–H and O–H groups in total. The Kier molecular flexibility index (Phi) is 11.8. The molecule has 0 aliphatic carbocycles. The number of hydrogen-bond acceptors (Lipinski definition) is 6. The first-order valence-electron chi connectivity index (χ1n) is 14.1. The second-order valence-electron chi connectivity index (χ2n) is 10.9. The van der Waals surface area contributed by atoms with E-state index in [0.717, 1.165) is 37.8 Å². The van der Waals surface area contributed by atoms with Gasteiger partial charge in [-0.25, -0.2) is 17.5 Å². The van der Waals surface area contributed by atoms with E-state index in [2.05, 4.69) is 31.3 Å². The molecule has 42 heavy (non-hydrogen) atoms. The number of sulfonamides is 1. The van der Waals surface area contributed by atoms with Crippen molar-refractivity contribution >= 4 is 49.4 Å². The molecule has 2 fully saturated rings. The molecule has 0 spiro atoms. The highest BCUT2D eigenvalue weighted by Gasteiger charge is 2.42. The molecular weight excluding hydrogens is 651 g/mol. The van der Waals surface area contributed by atoms with Crippen LogP contribution in [0.2, 0.25) is 5.02 Å². The first-order chi connectivity index (χ1) is 20.0. The van der Waals surface area contributed by atoms with Crippen molar-refractivity contribution < 1.29 is 27.1 Å². The van der Waals surface area contributed by atoms with Crippen molar-refractivity contribution in [2.24, 2.45) is 5.92 Å². The first-order valence-corrected chi connectivity index (χ1v) is 17.1. The molecule has 4 rings (SSSR count). The molecule has 2 saturated heterocycles. The molecule has 13 heteroatoms. The Labute approximate surface area is 260 Å². The molecule has 9 nitrogen and oxygen atoms in total. The van der Waals surface area contributed by atoms with Crippen molar-refractivity contribution in [1.29, 1.82) is 0 Å². The number of piperidine rings is 1. The number of rotatable bonds is 12. The molecule has 0 aromatic heterocycles. The number of likely N-dealkylation sites (tertiary alicyclic amines) is 1. The smallest absolute Gasteiger partial charge is 0.243 e. The highest BCUT2D eigenvalue weighted by atomic mass is 79.9. The van der Waals surface area contributed by atoms with Crippen LogP contribution in [0.5, 0.6) is 0 Å². The molecule has 0 saturated carbocycles. The molecule has 2 heterocycles. The van der Waals surface area contributed by atoms with Gasteiger partial charge in [0.1, 0.15) is 17.9 Å². The fraction of sp³-hybridized carbons (Fsp3) is 0.517. The topological polar surface area (TPSA) is 117 Å². The van der Waals surface area contributed by atoms with E-state index >= 15 is 0 Å². The van der Waals surface area contributed by atoms with E-state index < -0.39 is 45.8 Å². The average Bonchev–Trinajstić information content (AvgIpc) is 3.38. The molecular formula is C29H37BrClFN4O5S. The van der Waals surface area contributed by atoms with Gasteiger partial charge in [-0.1, -0.05) is 51.8 Å². The Bertz CT molecular complexity index is 1360. The second kappa shape index (κ2) is 15.1. The fourth-order valence-electron chi connectivity index (χ4n) is 5.46. The van der Waals surface area contributed by atoms with Crippen molar-refractivity contribution in [3.05, 3.63) is 68.9 Å². The quantitative estimate of drug-likeness (QED) is 0.313. The van der Waals surface area contributed by atoms with Crippen molar-refractivity contribution in [2.75, 3.05) is 25.9 Å². The number of carbonyl (C=O) groups is 2. The van der Waals surface area contributed by atoms with E-state index in [-0.39, 0.29) is 26.1 Å². The van der Waals surface area contributed by atoms with Crippen LogP contribution in [0.4, 0.5) is 4.39 Å². The first kappa shape index (κ1) is 32.8. The molecule has 2 aliphatic rings. The van der Waals surface area contributed by atoms with Gasteiger partial charge in [0, 0.05) is 34.6 Å². The summed E-state index contributed by atoms with van der Waals surface area (Å²) in [6.45, 7) is 1.96. The summed E-state index contributed by atoms with van der Waals surface area (Å²) < 4.78 is 48.0. The number of ether oxygens (including phenoxy) is 1. The van der Waals surface area contributed by atoms with Crippen molar-refractivity contribution in [3.63, 3.8) is 0 Å². The summed E-state index contributed by atoms with van der Waals surface area (Å²) >= 11 is 9.49. The zero-order chi connectivity index (χ0) is 30.3. The highest BCUT2D eigenvalue weighted by molar-refractivity contribution is 9.10. The summed E-state index contributed by atoms with van der Waals surface area (Å²) in [6.07, 6.45) is 3.55. The van der Waals surface area contributed by atoms with Crippen LogP contribution >= 0.6 is 27.5 Å². The molecule has 2 aromatic carbocycles. The molecule has 0 unspecified atom stereocenters. The summed E-state index contributed by atoms with van der Waals surface area (Å²) in [7, 11) is -3.71. The zero-order valence-corrected chi connectivity index (χ0v) is 26.6. The van der Waals surface area contributed by atoms with Crippen LogP contribution in [0.15, 0.2) is 46.9 Å². The molecule has 0 bridgehead atoms. The minimum Gasteiger partial charge on any atom is -0.371 e. The van der Waals surface area contributed by atoms with E-state index in [1.54, 1.807) is 30.3 Å². The lowest BCUT2D eigenvalue weighted by molar-refractivity contribution is -0.140. The van der Waals surface area contributed by atoms with Crippen LogP contribution in [0.25, 0.3) is 0 Å². The maximum Gasteiger partial charge on any atom is 0.243 e. The zero-order valence-electron chi connectivity index (χ0n) is 23.5. The molecule has 2 aromatic rings. The van der Waals surface area contributed by atoms with E-state index in [4.69, 9.17) is 16.3 Å². The van der Waals surface area contributed by atoms with Gasteiger partial charge in [-0.3, -0.25) is 9.59 Å². The summed E-state index contributed by atoms with van der Waals surface area (Å²) in [5.41, 5.74) is 1.07. The Morgan fingerprint density at radius 1 is 1.19 bits per heavy atom. The monoisotopic (exact) mass is 686 g/mol. The van der Waals surface area contributed by atoms with Crippen LogP contribution in [-0.4, -0.2) is 69.2 Å². The number of amides is 2. The molecule has 2 amide bonds. The maximum absolute atomic E-state index is 14.4. The van der Waals surface area contributed by atoms with E-state index in [1.165, 1.54) is 11.0 Å². The predicted molar refractivity (Wildman–Crippen MR) is 163 cm³/mol. The molecule has 230 valence electrons. The Balaban J connectivity index is 1.50. The highest BCUT2D eigenvalue weighted by Crippen LogP contribution is 2.26. The van der Waals surface area contributed by atoms with E-state index in [1.807, 2.05) is 6.07 Å². The predicted octanol–water partition coefficient (Wildman–Crippen LogP) is 3.74. The summed E-state index contributed by atoms with van der Waals surface area (Å²) in [4.78, 5) is 28.8. The number of nitrogens with zero attached hydrogens (tertiary/aromatic N) is 1. The van der Waals surface area contributed by atoms with Gasteiger partial charge >= 0.3 is 0 Å². The normalized spacial score (nSPS) is 20.4. The largest absolute Gasteiger partial charge is 0.371 e. The van der Waals surface area contributed by atoms with Gasteiger partial charge in [0.05, 0.1) is 19.0 Å². The molecule has 3 atom stereocenters. The van der Waals surface area contributed by atoms with Gasteiger partial charge in [-0.05, 0) is 68.5 Å². The van der Waals surface area contributed by atoms with Crippen molar-refractivity contribution in [2.45, 2.75) is 63.4 Å². The van der Waals surface area contributed by atoms with E-state index in [0.29, 0.717) is 33.8 Å². The fourth-order valence-corrected chi connectivity index (χ4v) is 6.73. The van der Waals surface area contributed by atoms with Gasteiger partial charge in [0.15, 0.2) is 0 Å². The lowest BCUT2D eigenvalue weighted by atomic mass is 9.91. The minimum absolute atomic E-state index is 0.0412. The number of benzene rings is 2. The van der Waals surface area contributed by atoms with Gasteiger partial charge < -0.3 is 20.3 Å². The third-order valence-corrected chi connectivity index (χ3v) is 9.30. The summed E-state index contributed by atoms with van der Waals surface area (Å²) in [5, 5.41) is 6.68. The average molecular weight is 688 g/mol. The summed E-state index contributed by atoms with van der Waals surface area (Å²) in [5.74, 6) is -0.929. The van der Waals surface area contributed by atoms with Gasteiger partial charge in [-0.2, -0.15) is 0 Å². The van der Waals surface area contributed by atoms with E-state index in [9.17, 15) is 22.4 Å².